The Morgan fingerprint density at radius 1 is 1.41 bits per heavy atom. The minimum absolute atomic E-state index is 0.291. The summed E-state index contributed by atoms with van der Waals surface area (Å²) in [6.07, 6.45) is 0. The molecule has 1 aromatic heterocycles. The van der Waals surface area contributed by atoms with Crippen molar-refractivity contribution in [3.05, 3.63) is 41.3 Å². The Bertz CT molecular complexity index is 598. The molecule has 2 aromatic rings. The van der Waals surface area contributed by atoms with Gasteiger partial charge in [0.15, 0.2) is 0 Å². The number of hydrogen-bond acceptors (Lipinski definition) is 3. The van der Waals surface area contributed by atoms with E-state index in [1.165, 1.54) is 17.8 Å². The van der Waals surface area contributed by atoms with Crippen LogP contribution in [0.25, 0.3) is 0 Å². The molecule has 0 radical (unpaired) electrons. The van der Waals surface area contributed by atoms with E-state index in [1.54, 1.807) is 36.9 Å². The highest BCUT2D eigenvalue weighted by Crippen LogP contribution is 2.32. The van der Waals surface area contributed by atoms with E-state index < -0.39 is 0 Å². The first-order chi connectivity index (χ1) is 8.13. The Hall–Kier alpha value is -1.80. The lowest BCUT2D eigenvalue weighted by Gasteiger charge is -2.03. The maximum Gasteiger partial charge on any atom is 0.137 e. The summed E-state index contributed by atoms with van der Waals surface area (Å²) < 4.78 is 15.1. The van der Waals surface area contributed by atoms with E-state index in [0.717, 1.165) is 0 Å². The van der Waals surface area contributed by atoms with Crippen LogP contribution in [0.15, 0.2) is 34.2 Å². The molecule has 0 unspecified atom stereocenters. The Balaban J connectivity index is 2.44. The SMILES string of the molecule is Cc1nn(C)c(Sc2ccccc2F)c1C#N. The molecule has 3 nitrogen and oxygen atoms in total. The summed E-state index contributed by atoms with van der Waals surface area (Å²) in [4.78, 5) is 0.493. The largest absolute Gasteiger partial charge is 0.260 e. The maximum atomic E-state index is 13.5. The lowest BCUT2D eigenvalue weighted by Crippen LogP contribution is -1.93. The van der Waals surface area contributed by atoms with Crippen molar-refractivity contribution in [3.63, 3.8) is 0 Å². The first-order valence-corrected chi connectivity index (χ1v) is 5.81. The monoisotopic (exact) mass is 247 g/mol. The quantitative estimate of drug-likeness (QED) is 0.819. The van der Waals surface area contributed by atoms with Crippen molar-refractivity contribution in [2.75, 3.05) is 0 Å². The predicted molar refractivity (Wildman–Crippen MR) is 63.2 cm³/mol. The molecule has 0 bridgehead atoms. The van der Waals surface area contributed by atoms with Gasteiger partial charge in [-0.15, -0.1) is 0 Å². The highest BCUT2D eigenvalue weighted by atomic mass is 32.2. The van der Waals surface area contributed by atoms with Gasteiger partial charge < -0.3 is 0 Å². The van der Waals surface area contributed by atoms with Crippen LogP contribution in [0.4, 0.5) is 4.39 Å². The summed E-state index contributed by atoms with van der Waals surface area (Å²) in [5.74, 6) is -0.291. The van der Waals surface area contributed by atoms with Gasteiger partial charge in [-0.25, -0.2) is 4.39 Å². The number of halogens is 1. The van der Waals surface area contributed by atoms with E-state index in [0.29, 0.717) is 21.2 Å². The Morgan fingerprint density at radius 2 is 2.12 bits per heavy atom. The molecule has 0 aliphatic rings. The molecule has 0 aliphatic heterocycles. The molecule has 1 aromatic carbocycles. The van der Waals surface area contributed by atoms with Gasteiger partial charge in [-0.05, 0) is 19.1 Å². The van der Waals surface area contributed by atoms with Gasteiger partial charge >= 0.3 is 0 Å². The zero-order valence-electron chi connectivity index (χ0n) is 9.44. The van der Waals surface area contributed by atoms with E-state index in [4.69, 9.17) is 5.26 Å². The van der Waals surface area contributed by atoms with Crippen LogP contribution in [0.1, 0.15) is 11.3 Å². The molecule has 0 fully saturated rings. The zero-order chi connectivity index (χ0) is 12.4. The average molecular weight is 247 g/mol. The minimum atomic E-state index is -0.291. The molecule has 1 heterocycles. The molecular weight excluding hydrogens is 237 g/mol. The molecule has 0 saturated heterocycles. The fraction of sp³-hybridized carbons (Fsp3) is 0.167. The first-order valence-electron chi connectivity index (χ1n) is 4.99. The van der Waals surface area contributed by atoms with Gasteiger partial charge in [-0.1, -0.05) is 23.9 Å². The molecule has 86 valence electrons. The fourth-order valence-electron chi connectivity index (χ4n) is 1.51. The van der Waals surface area contributed by atoms with Crippen molar-refractivity contribution in [2.24, 2.45) is 7.05 Å². The standard InChI is InChI=1S/C12H10FN3S/c1-8-9(7-14)12(16(2)15-8)17-11-6-4-3-5-10(11)13/h3-6H,1-2H3. The molecule has 2 rings (SSSR count). The van der Waals surface area contributed by atoms with Crippen LogP contribution in [0.2, 0.25) is 0 Å². The normalized spacial score (nSPS) is 10.2. The lowest BCUT2D eigenvalue weighted by atomic mass is 10.3. The molecule has 0 spiro atoms. The third-order valence-corrected chi connectivity index (χ3v) is 3.54. The summed E-state index contributed by atoms with van der Waals surface area (Å²) in [5.41, 5.74) is 1.16. The summed E-state index contributed by atoms with van der Waals surface area (Å²) in [5, 5.41) is 13.9. The second kappa shape index (κ2) is 4.60. The third kappa shape index (κ3) is 2.17. The molecule has 0 amide bonds. The van der Waals surface area contributed by atoms with Crippen molar-refractivity contribution >= 4 is 11.8 Å². The van der Waals surface area contributed by atoms with E-state index in [1.807, 2.05) is 0 Å². The minimum Gasteiger partial charge on any atom is -0.260 e. The second-order valence-electron chi connectivity index (χ2n) is 3.53. The molecular formula is C12H10FN3S. The van der Waals surface area contributed by atoms with Crippen molar-refractivity contribution < 1.29 is 4.39 Å². The highest BCUT2D eigenvalue weighted by Gasteiger charge is 2.15. The number of nitriles is 1. The first kappa shape index (κ1) is 11.7. The van der Waals surface area contributed by atoms with Crippen LogP contribution in [0.3, 0.4) is 0 Å². The smallest absolute Gasteiger partial charge is 0.137 e. The van der Waals surface area contributed by atoms with E-state index in [9.17, 15) is 4.39 Å². The average Bonchev–Trinajstić information content (AvgIpc) is 2.56. The molecule has 0 atom stereocenters. The van der Waals surface area contributed by atoms with Gasteiger partial charge in [-0.2, -0.15) is 10.4 Å². The van der Waals surface area contributed by atoms with Crippen LogP contribution in [0, 0.1) is 24.1 Å². The Labute approximate surface area is 103 Å². The number of aromatic nitrogens is 2. The molecule has 0 N–H and O–H groups in total. The van der Waals surface area contributed by atoms with Crippen molar-refractivity contribution in [3.8, 4) is 6.07 Å². The zero-order valence-corrected chi connectivity index (χ0v) is 10.3. The topological polar surface area (TPSA) is 41.6 Å². The van der Waals surface area contributed by atoms with Gasteiger partial charge in [-0.3, -0.25) is 4.68 Å². The van der Waals surface area contributed by atoms with Crippen LogP contribution in [-0.2, 0) is 7.05 Å². The summed E-state index contributed by atoms with van der Waals surface area (Å²) >= 11 is 1.22. The van der Waals surface area contributed by atoms with E-state index in [2.05, 4.69) is 11.2 Å². The van der Waals surface area contributed by atoms with Gasteiger partial charge in [0.05, 0.1) is 5.69 Å². The third-order valence-electron chi connectivity index (χ3n) is 2.32. The number of nitrogens with zero attached hydrogens (tertiary/aromatic N) is 3. The van der Waals surface area contributed by atoms with E-state index >= 15 is 0 Å². The van der Waals surface area contributed by atoms with Crippen molar-refractivity contribution in [1.82, 2.24) is 9.78 Å². The van der Waals surface area contributed by atoms with Gasteiger partial charge in [0.2, 0.25) is 0 Å². The lowest BCUT2D eigenvalue weighted by molar-refractivity contribution is 0.601. The van der Waals surface area contributed by atoms with Crippen molar-refractivity contribution in [1.29, 1.82) is 5.26 Å². The molecule has 5 heteroatoms. The number of benzene rings is 1. The van der Waals surface area contributed by atoms with Crippen LogP contribution >= 0.6 is 11.8 Å². The summed E-state index contributed by atoms with van der Waals surface area (Å²) in [6, 6.07) is 8.58. The molecule has 17 heavy (non-hydrogen) atoms. The van der Waals surface area contributed by atoms with Crippen LogP contribution in [-0.4, -0.2) is 9.78 Å². The molecule has 0 saturated carbocycles. The van der Waals surface area contributed by atoms with Gasteiger partial charge in [0.1, 0.15) is 22.5 Å². The van der Waals surface area contributed by atoms with Crippen molar-refractivity contribution in [2.45, 2.75) is 16.8 Å². The van der Waals surface area contributed by atoms with Gasteiger partial charge in [0, 0.05) is 11.9 Å². The maximum absolute atomic E-state index is 13.5. The highest BCUT2D eigenvalue weighted by molar-refractivity contribution is 7.99. The van der Waals surface area contributed by atoms with Gasteiger partial charge in [0.25, 0.3) is 0 Å². The van der Waals surface area contributed by atoms with E-state index in [-0.39, 0.29) is 5.82 Å². The van der Waals surface area contributed by atoms with Crippen LogP contribution < -0.4 is 0 Å². The Kier molecular flexibility index (Phi) is 3.16. The number of rotatable bonds is 2. The second-order valence-corrected chi connectivity index (χ2v) is 4.56. The number of hydrogen-bond donors (Lipinski definition) is 0. The number of aryl methyl sites for hydroxylation is 2. The fourth-order valence-corrected chi connectivity index (χ4v) is 2.50. The summed E-state index contributed by atoms with van der Waals surface area (Å²) in [7, 11) is 1.75. The summed E-state index contributed by atoms with van der Waals surface area (Å²) in [6.45, 7) is 1.77. The predicted octanol–water partition coefficient (Wildman–Crippen LogP) is 2.89. The van der Waals surface area contributed by atoms with Crippen LogP contribution in [0.5, 0.6) is 0 Å². The Morgan fingerprint density at radius 3 is 2.76 bits per heavy atom. The molecule has 0 aliphatic carbocycles.